The van der Waals surface area contributed by atoms with Crippen molar-refractivity contribution < 1.29 is 4.79 Å². The van der Waals surface area contributed by atoms with Crippen LogP contribution in [0.3, 0.4) is 0 Å². The molecule has 3 heterocycles. The molecule has 6 nitrogen and oxygen atoms in total. The van der Waals surface area contributed by atoms with Crippen molar-refractivity contribution in [3.63, 3.8) is 0 Å². The van der Waals surface area contributed by atoms with E-state index in [0.717, 1.165) is 4.88 Å². The molecular weight excluding hydrogens is 250 g/mol. The molecule has 7 heteroatoms. The Hall–Kier alpha value is -2.28. The number of hydrogen-bond acceptors (Lipinski definition) is 5. The number of aromatic nitrogens is 4. The van der Waals surface area contributed by atoms with Gasteiger partial charge in [0.1, 0.15) is 0 Å². The Kier molecular flexibility index (Phi) is 2.73. The van der Waals surface area contributed by atoms with Crippen molar-refractivity contribution in [3.05, 3.63) is 40.8 Å². The SMILES string of the molecule is O=C(Cc1cccs1)Nc1nc2ncccn2n1. The van der Waals surface area contributed by atoms with Gasteiger partial charge >= 0.3 is 0 Å². The number of hydrogen-bond donors (Lipinski definition) is 1. The summed E-state index contributed by atoms with van der Waals surface area (Å²) in [7, 11) is 0. The normalized spacial score (nSPS) is 10.7. The number of rotatable bonds is 3. The maximum absolute atomic E-state index is 11.7. The van der Waals surface area contributed by atoms with Gasteiger partial charge in [-0.1, -0.05) is 6.07 Å². The van der Waals surface area contributed by atoms with E-state index in [1.54, 1.807) is 29.8 Å². The highest BCUT2D eigenvalue weighted by Gasteiger charge is 2.09. The third kappa shape index (κ3) is 2.21. The topological polar surface area (TPSA) is 72.2 Å². The Labute approximate surface area is 106 Å². The molecule has 1 amide bonds. The van der Waals surface area contributed by atoms with Crippen molar-refractivity contribution in [2.45, 2.75) is 6.42 Å². The number of thiophene rings is 1. The van der Waals surface area contributed by atoms with Crippen LogP contribution < -0.4 is 5.32 Å². The summed E-state index contributed by atoms with van der Waals surface area (Å²) in [5.74, 6) is 0.604. The molecule has 0 aliphatic heterocycles. The summed E-state index contributed by atoms with van der Waals surface area (Å²) >= 11 is 1.55. The van der Waals surface area contributed by atoms with E-state index in [2.05, 4.69) is 20.4 Å². The van der Waals surface area contributed by atoms with Crippen molar-refractivity contribution in [1.29, 1.82) is 0 Å². The molecule has 18 heavy (non-hydrogen) atoms. The van der Waals surface area contributed by atoms with Gasteiger partial charge in [0, 0.05) is 17.3 Å². The first kappa shape index (κ1) is 10.8. The van der Waals surface area contributed by atoms with Crippen LogP contribution in [0, 0.1) is 0 Å². The van der Waals surface area contributed by atoms with Crippen molar-refractivity contribution in [1.82, 2.24) is 19.6 Å². The molecule has 0 spiro atoms. The lowest BCUT2D eigenvalue weighted by atomic mass is 10.3. The number of anilines is 1. The standard InChI is InChI=1S/C11H9N5OS/c17-9(7-8-3-1-6-18-8)13-10-14-11-12-4-2-5-16(11)15-10/h1-6H,7H2,(H,13,15,17). The fourth-order valence-corrected chi connectivity index (χ4v) is 2.23. The van der Waals surface area contributed by atoms with Crippen LogP contribution in [0.2, 0.25) is 0 Å². The summed E-state index contributed by atoms with van der Waals surface area (Å²) in [5.41, 5.74) is 0. The molecule has 3 rings (SSSR count). The zero-order valence-corrected chi connectivity index (χ0v) is 10.1. The van der Waals surface area contributed by atoms with Gasteiger partial charge in [-0.05, 0) is 17.5 Å². The summed E-state index contributed by atoms with van der Waals surface area (Å²) in [6.07, 6.45) is 3.69. The molecule has 1 N–H and O–H groups in total. The number of carbonyl (C=O) groups is 1. The van der Waals surface area contributed by atoms with Crippen molar-refractivity contribution in [2.75, 3.05) is 5.32 Å². The van der Waals surface area contributed by atoms with Gasteiger partial charge < -0.3 is 0 Å². The highest BCUT2D eigenvalue weighted by atomic mass is 32.1. The van der Waals surface area contributed by atoms with E-state index in [9.17, 15) is 4.79 Å². The Morgan fingerprint density at radius 1 is 1.44 bits per heavy atom. The monoisotopic (exact) mass is 259 g/mol. The summed E-state index contributed by atoms with van der Waals surface area (Å²) < 4.78 is 1.51. The Morgan fingerprint density at radius 2 is 2.39 bits per heavy atom. The van der Waals surface area contributed by atoms with Crippen molar-refractivity contribution >= 4 is 29.0 Å². The van der Waals surface area contributed by atoms with Crippen LogP contribution in [0.5, 0.6) is 0 Å². The fourth-order valence-electron chi connectivity index (χ4n) is 1.53. The van der Waals surface area contributed by atoms with Gasteiger partial charge in [-0.15, -0.1) is 16.4 Å². The molecule has 0 aromatic carbocycles. The second-order valence-electron chi connectivity index (χ2n) is 3.60. The zero-order chi connectivity index (χ0) is 12.4. The Bertz CT molecular complexity index is 643. The lowest BCUT2D eigenvalue weighted by Gasteiger charge is -1.97. The molecule has 3 aromatic heterocycles. The predicted molar refractivity (Wildman–Crippen MR) is 67.4 cm³/mol. The molecule has 0 saturated heterocycles. The fraction of sp³-hybridized carbons (Fsp3) is 0.0909. The van der Waals surface area contributed by atoms with Crippen molar-refractivity contribution in [3.8, 4) is 0 Å². The van der Waals surface area contributed by atoms with Gasteiger partial charge in [0.05, 0.1) is 6.42 Å². The van der Waals surface area contributed by atoms with Crippen LogP contribution in [-0.4, -0.2) is 25.5 Å². The van der Waals surface area contributed by atoms with Gasteiger partial charge in [0.25, 0.3) is 11.7 Å². The van der Waals surface area contributed by atoms with Gasteiger partial charge in [-0.25, -0.2) is 9.50 Å². The van der Waals surface area contributed by atoms with Crippen molar-refractivity contribution in [2.24, 2.45) is 0 Å². The highest BCUT2D eigenvalue weighted by molar-refractivity contribution is 7.10. The van der Waals surface area contributed by atoms with Gasteiger partial charge in [0.15, 0.2) is 0 Å². The van der Waals surface area contributed by atoms with Gasteiger partial charge in [0.2, 0.25) is 5.91 Å². The van der Waals surface area contributed by atoms with Crippen LogP contribution in [0.4, 0.5) is 5.95 Å². The van der Waals surface area contributed by atoms with E-state index in [1.807, 2.05) is 17.5 Å². The summed E-state index contributed by atoms with van der Waals surface area (Å²) in [4.78, 5) is 20.9. The van der Waals surface area contributed by atoms with E-state index < -0.39 is 0 Å². The first-order chi connectivity index (χ1) is 8.81. The Morgan fingerprint density at radius 3 is 3.17 bits per heavy atom. The lowest BCUT2D eigenvalue weighted by Crippen LogP contribution is -2.14. The van der Waals surface area contributed by atoms with E-state index in [-0.39, 0.29) is 11.9 Å². The predicted octanol–water partition coefficient (Wildman–Crippen LogP) is 1.37. The molecule has 0 saturated carbocycles. The highest BCUT2D eigenvalue weighted by Crippen LogP contribution is 2.10. The molecule has 0 aliphatic carbocycles. The van der Waals surface area contributed by atoms with Crippen LogP contribution >= 0.6 is 11.3 Å². The Balaban J connectivity index is 1.74. The zero-order valence-electron chi connectivity index (χ0n) is 9.28. The van der Waals surface area contributed by atoms with Crippen LogP contribution in [0.25, 0.3) is 5.78 Å². The van der Waals surface area contributed by atoms with Crippen LogP contribution in [-0.2, 0) is 11.2 Å². The quantitative estimate of drug-likeness (QED) is 0.771. The van der Waals surface area contributed by atoms with Crippen LogP contribution in [0.15, 0.2) is 36.0 Å². The molecule has 3 aromatic rings. The summed E-state index contributed by atoms with van der Waals surface area (Å²) in [5, 5.41) is 8.69. The molecule has 0 fully saturated rings. The van der Waals surface area contributed by atoms with Gasteiger partial charge in [-0.2, -0.15) is 4.98 Å². The molecular formula is C11H9N5OS. The first-order valence-electron chi connectivity index (χ1n) is 5.31. The smallest absolute Gasteiger partial charge is 0.253 e. The second kappa shape index (κ2) is 4.53. The average molecular weight is 259 g/mol. The molecule has 0 atom stereocenters. The number of nitrogens with one attached hydrogen (secondary N) is 1. The molecule has 0 aliphatic rings. The number of amides is 1. The van der Waals surface area contributed by atoms with E-state index in [4.69, 9.17) is 0 Å². The number of nitrogens with zero attached hydrogens (tertiary/aromatic N) is 4. The largest absolute Gasteiger partial charge is 0.293 e. The van der Waals surface area contributed by atoms with Gasteiger partial charge in [-0.3, -0.25) is 10.1 Å². The number of fused-ring (bicyclic) bond motifs is 1. The number of carbonyl (C=O) groups excluding carboxylic acids is 1. The van der Waals surface area contributed by atoms with E-state index in [0.29, 0.717) is 12.2 Å². The summed E-state index contributed by atoms with van der Waals surface area (Å²) in [6, 6.07) is 5.59. The average Bonchev–Trinajstić information content (AvgIpc) is 2.96. The minimum Gasteiger partial charge on any atom is -0.293 e. The minimum atomic E-state index is -0.131. The molecule has 0 bridgehead atoms. The maximum Gasteiger partial charge on any atom is 0.253 e. The lowest BCUT2D eigenvalue weighted by molar-refractivity contribution is -0.115. The second-order valence-corrected chi connectivity index (χ2v) is 4.64. The summed E-state index contributed by atoms with van der Waals surface area (Å²) in [6.45, 7) is 0. The molecule has 0 radical (unpaired) electrons. The van der Waals surface area contributed by atoms with E-state index in [1.165, 1.54) is 4.52 Å². The molecule has 0 unspecified atom stereocenters. The minimum absolute atomic E-state index is 0.131. The van der Waals surface area contributed by atoms with E-state index >= 15 is 0 Å². The maximum atomic E-state index is 11.7. The van der Waals surface area contributed by atoms with Crippen LogP contribution in [0.1, 0.15) is 4.88 Å². The third-order valence-electron chi connectivity index (χ3n) is 2.28. The molecule has 90 valence electrons. The first-order valence-corrected chi connectivity index (χ1v) is 6.19. The third-order valence-corrected chi connectivity index (χ3v) is 3.16.